The van der Waals surface area contributed by atoms with Crippen LogP contribution in [0.1, 0.15) is 62.9 Å². The second-order valence-corrected chi connectivity index (χ2v) is 8.80. The van der Waals surface area contributed by atoms with Gasteiger partial charge in [0.1, 0.15) is 5.82 Å². The van der Waals surface area contributed by atoms with Crippen LogP contribution in [0.15, 0.2) is 24.3 Å². The predicted octanol–water partition coefficient (Wildman–Crippen LogP) is 4.69. The van der Waals surface area contributed by atoms with Gasteiger partial charge in [-0.15, -0.1) is 0 Å². The van der Waals surface area contributed by atoms with E-state index < -0.39 is 0 Å². The van der Waals surface area contributed by atoms with Crippen molar-refractivity contribution in [1.29, 1.82) is 0 Å². The van der Waals surface area contributed by atoms with E-state index in [0.29, 0.717) is 5.91 Å². The fraction of sp³-hybridized carbons (Fsp3) is 0.609. The number of anilines is 1. The Labute approximate surface area is 179 Å². The first kappa shape index (κ1) is 21.8. The fourth-order valence-electron chi connectivity index (χ4n) is 3.87. The first-order valence-electron chi connectivity index (χ1n) is 11.0. The van der Waals surface area contributed by atoms with Crippen molar-refractivity contribution in [2.45, 2.75) is 59.3 Å². The number of nitrogens with zero attached hydrogens (tertiary/aromatic N) is 4. The number of aryl methyl sites for hydroxylation is 1. The summed E-state index contributed by atoms with van der Waals surface area (Å²) in [6.45, 7) is 9.85. The van der Waals surface area contributed by atoms with E-state index >= 15 is 0 Å². The lowest BCUT2D eigenvalue weighted by Crippen LogP contribution is -2.39. The number of amides is 1. The molecule has 1 aromatic heterocycles. The summed E-state index contributed by atoms with van der Waals surface area (Å²) in [6, 6.07) is 8.56. The minimum atomic E-state index is 0.184. The Morgan fingerprint density at radius 3 is 2.66 bits per heavy atom. The van der Waals surface area contributed by atoms with Crippen LogP contribution in [0.2, 0.25) is 0 Å². The zero-order valence-electron chi connectivity index (χ0n) is 18.1. The van der Waals surface area contributed by atoms with E-state index in [1.807, 2.05) is 0 Å². The molecule has 5 nitrogen and oxygen atoms in total. The molecule has 0 aliphatic carbocycles. The molecule has 158 valence electrons. The molecule has 0 spiro atoms. The highest BCUT2D eigenvalue weighted by molar-refractivity contribution is 7.09. The van der Waals surface area contributed by atoms with Crippen molar-refractivity contribution in [3.05, 3.63) is 41.2 Å². The third-order valence-electron chi connectivity index (χ3n) is 5.77. The molecule has 0 radical (unpaired) electrons. The van der Waals surface area contributed by atoms with Gasteiger partial charge in [0.25, 0.3) is 0 Å². The highest BCUT2D eigenvalue weighted by Gasteiger charge is 2.25. The molecule has 1 aromatic carbocycles. The van der Waals surface area contributed by atoms with Crippen molar-refractivity contribution in [3.63, 3.8) is 0 Å². The summed E-state index contributed by atoms with van der Waals surface area (Å²) in [6.07, 6.45) is 6.01. The van der Waals surface area contributed by atoms with Gasteiger partial charge in [0.15, 0.2) is 0 Å². The summed E-state index contributed by atoms with van der Waals surface area (Å²) < 4.78 is 4.58. The highest BCUT2D eigenvalue weighted by atomic mass is 32.1. The molecule has 3 rings (SSSR count). The van der Waals surface area contributed by atoms with Crippen LogP contribution >= 0.6 is 11.5 Å². The van der Waals surface area contributed by atoms with Crippen LogP contribution in [0.3, 0.4) is 0 Å². The first-order valence-corrected chi connectivity index (χ1v) is 11.8. The number of unbranched alkanes of at least 4 members (excludes halogenated alkanes) is 1. The number of hydrogen-bond acceptors (Lipinski definition) is 5. The van der Waals surface area contributed by atoms with Gasteiger partial charge < -0.3 is 9.80 Å². The van der Waals surface area contributed by atoms with Crippen LogP contribution < -0.4 is 4.90 Å². The molecule has 1 atom stereocenters. The maximum absolute atomic E-state index is 12.9. The normalized spacial score (nSPS) is 16.0. The Morgan fingerprint density at radius 2 is 1.93 bits per heavy atom. The zero-order chi connectivity index (χ0) is 20.6. The van der Waals surface area contributed by atoms with E-state index in [0.717, 1.165) is 75.7 Å². The SMILES string of the molecule is CCCC[C@H](CC)C(=O)N1CCCN(c2nc(Cc3ccc(C)cc3)ns2)CC1. The largest absolute Gasteiger partial charge is 0.345 e. The first-order chi connectivity index (χ1) is 14.1. The standard InChI is InChI=1S/C23H34N4OS/c1-4-6-8-20(5-2)22(28)26-13-7-14-27(16-15-26)23-24-21(25-29-23)17-19-11-9-18(3)10-12-19/h9-12,20H,4-8,13-17H2,1-3H3/t20-/m0/s1. The van der Waals surface area contributed by atoms with Crippen LogP contribution in [-0.2, 0) is 11.2 Å². The molecule has 0 N–H and O–H groups in total. The summed E-state index contributed by atoms with van der Waals surface area (Å²) in [5.41, 5.74) is 2.51. The molecule has 1 aliphatic rings. The Morgan fingerprint density at radius 1 is 1.14 bits per heavy atom. The molecule has 2 aromatic rings. The molecule has 1 aliphatic heterocycles. The molecule has 6 heteroatoms. The van der Waals surface area contributed by atoms with E-state index in [1.54, 1.807) is 0 Å². The van der Waals surface area contributed by atoms with Crippen LogP contribution in [-0.4, -0.2) is 46.3 Å². The molecule has 1 amide bonds. The zero-order valence-corrected chi connectivity index (χ0v) is 18.9. The lowest BCUT2D eigenvalue weighted by molar-refractivity contribution is -0.135. The van der Waals surface area contributed by atoms with Gasteiger partial charge >= 0.3 is 0 Å². The molecule has 0 bridgehead atoms. The molecule has 1 saturated heterocycles. The van der Waals surface area contributed by atoms with Gasteiger partial charge in [-0.1, -0.05) is 56.5 Å². The van der Waals surface area contributed by atoms with Gasteiger partial charge in [-0.05, 0) is 31.7 Å². The Hall–Kier alpha value is -1.95. The molecular formula is C23H34N4OS. The van der Waals surface area contributed by atoms with Crippen molar-refractivity contribution in [1.82, 2.24) is 14.3 Å². The number of aromatic nitrogens is 2. The lowest BCUT2D eigenvalue weighted by atomic mass is 9.97. The third kappa shape index (κ3) is 6.01. The van der Waals surface area contributed by atoms with E-state index in [1.165, 1.54) is 22.7 Å². The van der Waals surface area contributed by atoms with Crippen molar-refractivity contribution >= 4 is 22.6 Å². The topological polar surface area (TPSA) is 49.3 Å². The maximum atomic E-state index is 12.9. The van der Waals surface area contributed by atoms with Crippen molar-refractivity contribution in [2.24, 2.45) is 5.92 Å². The molecule has 2 heterocycles. The van der Waals surface area contributed by atoms with Crippen LogP contribution in [0.25, 0.3) is 0 Å². The van der Waals surface area contributed by atoms with E-state index in [4.69, 9.17) is 4.98 Å². The number of rotatable bonds is 8. The molecule has 1 fully saturated rings. The van der Waals surface area contributed by atoms with Crippen LogP contribution in [0.4, 0.5) is 5.13 Å². The fourth-order valence-corrected chi connectivity index (χ4v) is 4.61. The average molecular weight is 415 g/mol. The second-order valence-electron chi connectivity index (χ2n) is 8.07. The number of carbonyl (C=O) groups excluding carboxylic acids is 1. The Kier molecular flexibility index (Phi) is 8.04. The van der Waals surface area contributed by atoms with Gasteiger partial charge in [-0.2, -0.15) is 4.37 Å². The Bertz CT molecular complexity index is 773. The monoisotopic (exact) mass is 414 g/mol. The van der Waals surface area contributed by atoms with Crippen molar-refractivity contribution in [2.75, 3.05) is 31.1 Å². The quantitative estimate of drug-likeness (QED) is 0.629. The Balaban J connectivity index is 1.57. The summed E-state index contributed by atoms with van der Waals surface area (Å²) >= 11 is 1.48. The van der Waals surface area contributed by atoms with E-state index in [-0.39, 0.29) is 5.92 Å². The van der Waals surface area contributed by atoms with Crippen molar-refractivity contribution in [3.8, 4) is 0 Å². The number of hydrogen-bond donors (Lipinski definition) is 0. The lowest BCUT2D eigenvalue weighted by Gasteiger charge is -2.25. The number of benzene rings is 1. The minimum Gasteiger partial charge on any atom is -0.345 e. The average Bonchev–Trinajstić information content (AvgIpc) is 3.05. The van der Waals surface area contributed by atoms with E-state index in [9.17, 15) is 4.79 Å². The summed E-state index contributed by atoms with van der Waals surface area (Å²) in [5.74, 6) is 1.42. The summed E-state index contributed by atoms with van der Waals surface area (Å²) in [7, 11) is 0. The molecule has 29 heavy (non-hydrogen) atoms. The molecule has 0 saturated carbocycles. The van der Waals surface area contributed by atoms with Crippen LogP contribution in [0, 0.1) is 12.8 Å². The maximum Gasteiger partial charge on any atom is 0.225 e. The summed E-state index contributed by atoms with van der Waals surface area (Å²) in [5, 5.41) is 0.986. The van der Waals surface area contributed by atoms with Gasteiger partial charge in [0.05, 0.1) is 0 Å². The minimum absolute atomic E-state index is 0.184. The molecular weight excluding hydrogens is 380 g/mol. The molecule has 0 unspecified atom stereocenters. The summed E-state index contributed by atoms with van der Waals surface area (Å²) in [4.78, 5) is 22.1. The number of carbonyl (C=O) groups is 1. The smallest absolute Gasteiger partial charge is 0.225 e. The van der Waals surface area contributed by atoms with Gasteiger partial charge in [-0.25, -0.2) is 4.98 Å². The van der Waals surface area contributed by atoms with Gasteiger partial charge in [0, 0.05) is 50.1 Å². The predicted molar refractivity (Wildman–Crippen MR) is 121 cm³/mol. The van der Waals surface area contributed by atoms with E-state index in [2.05, 4.69) is 59.2 Å². The second kappa shape index (κ2) is 10.7. The van der Waals surface area contributed by atoms with Gasteiger partial charge in [-0.3, -0.25) is 4.79 Å². The van der Waals surface area contributed by atoms with Crippen LogP contribution in [0.5, 0.6) is 0 Å². The van der Waals surface area contributed by atoms with Crippen molar-refractivity contribution < 1.29 is 4.79 Å². The highest BCUT2D eigenvalue weighted by Crippen LogP contribution is 2.22. The third-order valence-corrected chi connectivity index (χ3v) is 6.58. The van der Waals surface area contributed by atoms with Gasteiger partial charge in [0.2, 0.25) is 11.0 Å².